The van der Waals surface area contributed by atoms with Crippen LogP contribution >= 0.6 is 15.9 Å². The molecule has 0 bridgehead atoms. The van der Waals surface area contributed by atoms with Gasteiger partial charge in [0, 0.05) is 13.1 Å². The second-order valence-electron chi connectivity index (χ2n) is 4.14. The summed E-state index contributed by atoms with van der Waals surface area (Å²) < 4.78 is 0.934. The van der Waals surface area contributed by atoms with Crippen molar-refractivity contribution in [2.24, 2.45) is 5.92 Å². The van der Waals surface area contributed by atoms with Crippen LogP contribution in [-0.4, -0.2) is 23.1 Å². The minimum absolute atomic E-state index is 0.842. The van der Waals surface area contributed by atoms with E-state index < -0.39 is 0 Å². The topological polar surface area (TPSA) is 49.8 Å². The van der Waals surface area contributed by atoms with Crippen LogP contribution in [0.4, 0.5) is 11.6 Å². The van der Waals surface area contributed by atoms with Gasteiger partial charge in [-0.1, -0.05) is 6.92 Å². The van der Waals surface area contributed by atoms with Gasteiger partial charge in [-0.15, -0.1) is 0 Å². The second-order valence-corrected chi connectivity index (χ2v) is 4.93. The maximum Gasteiger partial charge on any atom is 0.145 e. The smallest absolute Gasteiger partial charge is 0.145 e. The Hall–Kier alpha value is -0.840. The van der Waals surface area contributed by atoms with E-state index in [9.17, 15) is 0 Å². The van der Waals surface area contributed by atoms with Gasteiger partial charge in [0.05, 0.1) is 0 Å². The normalized spacial score (nSPS) is 14.9. The average Bonchev–Trinajstić information content (AvgIpc) is 3.10. The molecule has 5 heteroatoms. The van der Waals surface area contributed by atoms with E-state index >= 15 is 0 Å². The van der Waals surface area contributed by atoms with Crippen LogP contribution in [0.2, 0.25) is 0 Å². The van der Waals surface area contributed by atoms with E-state index in [0.717, 1.165) is 41.5 Å². The standard InChI is InChI=1S/C11H17BrN4/c1-2-5-13-10-9(12)11(16-7-15-10)14-6-8-3-4-8/h7-8H,2-6H2,1H3,(H2,13,14,15,16). The summed E-state index contributed by atoms with van der Waals surface area (Å²) in [4.78, 5) is 8.45. The van der Waals surface area contributed by atoms with Crippen molar-refractivity contribution in [3.05, 3.63) is 10.8 Å². The van der Waals surface area contributed by atoms with Gasteiger partial charge < -0.3 is 10.6 Å². The minimum atomic E-state index is 0.842. The Balaban J connectivity index is 1.99. The summed E-state index contributed by atoms with van der Waals surface area (Å²) in [6.45, 7) is 4.08. The number of nitrogens with one attached hydrogen (secondary N) is 2. The number of halogens is 1. The quantitative estimate of drug-likeness (QED) is 0.843. The molecule has 0 aromatic carbocycles. The molecule has 88 valence electrons. The van der Waals surface area contributed by atoms with Crippen molar-refractivity contribution in [1.82, 2.24) is 9.97 Å². The molecule has 1 aliphatic carbocycles. The summed E-state index contributed by atoms with van der Waals surface area (Å²) in [5, 5.41) is 6.62. The lowest BCUT2D eigenvalue weighted by Gasteiger charge is -2.10. The Morgan fingerprint density at radius 2 is 2.00 bits per heavy atom. The van der Waals surface area contributed by atoms with Crippen molar-refractivity contribution in [2.75, 3.05) is 23.7 Å². The van der Waals surface area contributed by atoms with E-state index in [4.69, 9.17) is 0 Å². The number of hydrogen-bond donors (Lipinski definition) is 2. The highest BCUT2D eigenvalue weighted by Gasteiger charge is 2.21. The Morgan fingerprint density at radius 3 is 2.62 bits per heavy atom. The molecule has 1 aromatic heterocycles. The lowest BCUT2D eigenvalue weighted by molar-refractivity contribution is 0.879. The predicted molar refractivity (Wildman–Crippen MR) is 69.7 cm³/mol. The molecule has 1 aromatic rings. The van der Waals surface area contributed by atoms with Gasteiger partial charge >= 0.3 is 0 Å². The maximum atomic E-state index is 4.24. The van der Waals surface area contributed by atoms with E-state index in [1.54, 1.807) is 6.33 Å². The highest BCUT2D eigenvalue weighted by molar-refractivity contribution is 9.10. The third kappa shape index (κ3) is 3.07. The van der Waals surface area contributed by atoms with E-state index in [2.05, 4.69) is 43.5 Å². The number of nitrogens with zero attached hydrogens (tertiary/aromatic N) is 2. The summed E-state index contributed by atoms with van der Waals surface area (Å²) >= 11 is 3.53. The Kier molecular flexibility index (Phi) is 3.98. The molecule has 2 rings (SSSR count). The number of anilines is 2. The lowest BCUT2D eigenvalue weighted by Crippen LogP contribution is -2.09. The van der Waals surface area contributed by atoms with E-state index in [1.807, 2.05) is 0 Å². The van der Waals surface area contributed by atoms with Crippen LogP contribution in [0.5, 0.6) is 0 Å². The molecule has 0 amide bonds. The summed E-state index contributed by atoms with van der Waals surface area (Å²) in [5.74, 6) is 2.60. The molecule has 0 atom stereocenters. The summed E-state index contributed by atoms with van der Waals surface area (Å²) in [6.07, 6.45) is 5.37. The Bertz CT molecular complexity index is 352. The molecule has 0 spiro atoms. The van der Waals surface area contributed by atoms with Gasteiger partial charge in [-0.2, -0.15) is 0 Å². The average molecular weight is 285 g/mol. The van der Waals surface area contributed by atoms with Crippen LogP contribution < -0.4 is 10.6 Å². The zero-order chi connectivity index (χ0) is 11.4. The summed E-state index contributed by atoms with van der Waals surface area (Å²) in [5.41, 5.74) is 0. The van der Waals surface area contributed by atoms with Gasteiger partial charge in [-0.25, -0.2) is 9.97 Å². The molecular formula is C11H17BrN4. The Labute approximate surface area is 104 Å². The molecule has 0 aliphatic heterocycles. The molecule has 1 saturated carbocycles. The van der Waals surface area contributed by atoms with Crippen LogP contribution in [-0.2, 0) is 0 Å². The van der Waals surface area contributed by atoms with E-state index in [-0.39, 0.29) is 0 Å². The first-order valence-electron chi connectivity index (χ1n) is 5.79. The third-order valence-corrected chi connectivity index (χ3v) is 3.34. The molecule has 1 heterocycles. The van der Waals surface area contributed by atoms with Gasteiger partial charge in [-0.3, -0.25) is 0 Å². The third-order valence-electron chi connectivity index (χ3n) is 2.59. The zero-order valence-electron chi connectivity index (χ0n) is 9.46. The highest BCUT2D eigenvalue weighted by Crippen LogP contribution is 2.31. The zero-order valence-corrected chi connectivity index (χ0v) is 11.0. The van der Waals surface area contributed by atoms with Crippen molar-refractivity contribution in [1.29, 1.82) is 0 Å². The second kappa shape index (κ2) is 5.48. The van der Waals surface area contributed by atoms with Crippen molar-refractivity contribution in [3.8, 4) is 0 Å². The van der Waals surface area contributed by atoms with Gasteiger partial charge in [0.15, 0.2) is 0 Å². The van der Waals surface area contributed by atoms with Gasteiger partial charge in [0.1, 0.15) is 22.4 Å². The summed E-state index contributed by atoms with van der Waals surface area (Å²) in [6, 6.07) is 0. The van der Waals surface area contributed by atoms with Crippen LogP contribution in [0, 0.1) is 5.92 Å². The number of rotatable bonds is 6. The number of aromatic nitrogens is 2. The molecule has 0 radical (unpaired) electrons. The molecule has 16 heavy (non-hydrogen) atoms. The maximum absolute atomic E-state index is 4.24. The Morgan fingerprint density at radius 1 is 1.31 bits per heavy atom. The van der Waals surface area contributed by atoms with Crippen LogP contribution in [0.1, 0.15) is 26.2 Å². The molecule has 2 N–H and O–H groups in total. The lowest BCUT2D eigenvalue weighted by atomic mass is 10.4. The predicted octanol–water partition coefficient (Wildman–Crippen LogP) is 2.88. The first kappa shape index (κ1) is 11.6. The molecular weight excluding hydrogens is 268 g/mol. The molecule has 4 nitrogen and oxygen atoms in total. The van der Waals surface area contributed by atoms with Crippen molar-refractivity contribution in [2.45, 2.75) is 26.2 Å². The van der Waals surface area contributed by atoms with Crippen LogP contribution in [0.25, 0.3) is 0 Å². The van der Waals surface area contributed by atoms with Crippen molar-refractivity contribution < 1.29 is 0 Å². The minimum Gasteiger partial charge on any atom is -0.369 e. The largest absolute Gasteiger partial charge is 0.369 e. The van der Waals surface area contributed by atoms with Gasteiger partial charge in [0.25, 0.3) is 0 Å². The summed E-state index contributed by atoms with van der Waals surface area (Å²) in [7, 11) is 0. The fraction of sp³-hybridized carbons (Fsp3) is 0.636. The fourth-order valence-electron chi connectivity index (χ4n) is 1.42. The van der Waals surface area contributed by atoms with Crippen molar-refractivity contribution >= 4 is 27.6 Å². The van der Waals surface area contributed by atoms with Crippen molar-refractivity contribution in [3.63, 3.8) is 0 Å². The first-order chi connectivity index (χ1) is 7.81. The molecule has 1 aliphatic rings. The van der Waals surface area contributed by atoms with Crippen LogP contribution in [0.15, 0.2) is 10.8 Å². The van der Waals surface area contributed by atoms with Crippen LogP contribution in [0.3, 0.4) is 0 Å². The molecule has 0 unspecified atom stereocenters. The SMILES string of the molecule is CCCNc1ncnc(NCC2CC2)c1Br. The van der Waals surface area contributed by atoms with Gasteiger partial charge in [-0.05, 0) is 41.1 Å². The van der Waals surface area contributed by atoms with E-state index in [1.165, 1.54) is 12.8 Å². The fourth-order valence-corrected chi connectivity index (χ4v) is 1.91. The number of hydrogen-bond acceptors (Lipinski definition) is 4. The van der Waals surface area contributed by atoms with E-state index in [0.29, 0.717) is 0 Å². The first-order valence-corrected chi connectivity index (χ1v) is 6.58. The molecule has 0 saturated heterocycles. The van der Waals surface area contributed by atoms with Gasteiger partial charge in [0.2, 0.25) is 0 Å². The molecule has 1 fully saturated rings. The monoisotopic (exact) mass is 284 g/mol. The highest BCUT2D eigenvalue weighted by atomic mass is 79.9.